The Morgan fingerprint density at radius 2 is 0.651 bits per heavy atom. The van der Waals surface area contributed by atoms with E-state index in [0.717, 1.165) is 94.1 Å². The molecular weight excluding hydrogens is 522 g/mol. The van der Waals surface area contributed by atoms with Crippen LogP contribution in [-0.4, -0.2) is 0 Å². The summed E-state index contributed by atoms with van der Waals surface area (Å²) in [5, 5.41) is 0. The van der Waals surface area contributed by atoms with Gasteiger partial charge in [-0.1, -0.05) is 80.1 Å². The first kappa shape index (κ1) is 34.5. The fourth-order valence-electron chi connectivity index (χ4n) is 7.73. The summed E-state index contributed by atoms with van der Waals surface area (Å²) in [6.07, 6.45) is 12.5. The first-order valence-corrected chi connectivity index (χ1v) is 17.3. The van der Waals surface area contributed by atoms with Crippen LogP contribution in [0.25, 0.3) is 0 Å². The second-order valence-corrected chi connectivity index (χ2v) is 12.9. The molecule has 0 aliphatic rings. The molecular formula is C40H61N3. The zero-order chi connectivity index (χ0) is 31.8. The molecule has 0 radical (unpaired) electrons. The molecule has 0 amide bonds. The Bertz CT molecular complexity index is 1230. The van der Waals surface area contributed by atoms with Crippen LogP contribution in [0.2, 0.25) is 0 Å². The zero-order valence-corrected chi connectivity index (χ0v) is 29.0. The van der Waals surface area contributed by atoms with E-state index in [0.29, 0.717) is 0 Å². The lowest BCUT2D eigenvalue weighted by atomic mass is 9.70. The molecule has 0 saturated carbocycles. The van der Waals surface area contributed by atoms with Gasteiger partial charge < -0.3 is 17.2 Å². The number of nitrogen functional groups attached to an aromatic ring is 3. The topological polar surface area (TPSA) is 78.1 Å². The Morgan fingerprint density at radius 1 is 0.419 bits per heavy atom. The number of rotatable bonds is 15. The predicted molar refractivity (Wildman–Crippen MR) is 192 cm³/mol. The quantitative estimate of drug-likeness (QED) is 0.123. The lowest BCUT2D eigenvalue weighted by Gasteiger charge is -2.34. The fraction of sp³-hybridized carbons (Fsp3) is 0.550. The number of benzene rings is 3. The average Bonchev–Trinajstić information content (AvgIpc) is 2.95. The summed E-state index contributed by atoms with van der Waals surface area (Å²) in [6, 6.07) is 6.96. The van der Waals surface area contributed by atoms with E-state index < -0.39 is 0 Å². The third-order valence-electron chi connectivity index (χ3n) is 9.57. The first-order valence-electron chi connectivity index (χ1n) is 17.3. The lowest BCUT2D eigenvalue weighted by Crippen LogP contribution is -2.20. The highest BCUT2D eigenvalue weighted by Crippen LogP contribution is 2.47. The van der Waals surface area contributed by atoms with Crippen LogP contribution in [0, 0.1) is 20.8 Å². The highest BCUT2D eigenvalue weighted by Gasteiger charge is 2.32. The van der Waals surface area contributed by atoms with E-state index in [-0.39, 0.29) is 5.92 Å². The molecule has 0 saturated heterocycles. The summed E-state index contributed by atoms with van der Waals surface area (Å²) in [6.45, 7) is 20.7. The van der Waals surface area contributed by atoms with E-state index in [1.54, 1.807) is 0 Å². The van der Waals surface area contributed by atoms with Crippen LogP contribution in [0.15, 0.2) is 18.2 Å². The molecule has 0 aliphatic carbocycles. The molecule has 236 valence electrons. The summed E-state index contributed by atoms with van der Waals surface area (Å²) in [7, 11) is 0. The van der Waals surface area contributed by atoms with Crippen molar-refractivity contribution >= 4 is 17.1 Å². The van der Waals surface area contributed by atoms with Gasteiger partial charge in [-0.25, -0.2) is 0 Å². The van der Waals surface area contributed by atoms with Gasteiger partial charge in [0.1, 0.15) is 0 Å². The van der Waals surface area contributed by atoms with Crippen molar-refractivity contribution in [3.63, 3.8) is 0 Å². The smallest absolute Gasteiger partial charge is 0.0356 e. The standard InChI is InChI=1S/C40H61N3/c1-10-16-28-22-34(41)31(19-13-4)25(7)37(28)40(38-26(8)32(20-14-5)35(42)23-29(38)17-11-2)39-27(9)33(21-15-6)36(43)24-30(39)18-12-3/h22-24,40H,10-21,41-43H2,1-9H3. The molecule has 3 aromatic carbocycles. The average molecular weight is 584 g/mol. The minimum absolute atomic E-state index is 0.105. The molecule has 0 unspecified atom stereocenters. The number of nitrogens with two attached hydrogens (primary N) is 3. The van der Waals surface area contributed by atoms with Crippen molar-refractivity contribution in [2.75, 3.05) is 17.2 Å². The van der Waals surface area contributed by atoms with Gasteiger partial charge in [0.05, 0.1) is 0 Å². The van der Waals surface area contributed by atoms with Gasteiger partial charge in [-0.3, -0.25) is 0 Å². The summed E-state index contributed by atoms with van der Waals surface area (Å²) in [5.41, 5.74) is 40.1. The molecule has 0 spiro atoms. The van der Waals surface area contributed by atoms with Crippen molar-refractivity contribution in [3.05, 3.63) is 85.0 Å². The van der Waals surface area contributed by atoms with E-state index >= 15 is 0 Å². The maximum atomic E-state index is 6.83. The minimum Gasteiger partial charge on any atom is -0.398 e. The van der Waals surface area contributed by atoms with Crippen molar-refractivity contribution in [1.82, 2.24) is 0 Å². The number of hydrogen-bond acceptors (Lipinski definition) is 3. The largest absolute Gasteiger partial charge is 0.398 e. The van der Waals surface area contributed by atoms with Gasteiger partial charge in [-0.15, -0.1) is 0 Å². The van der Waals surface area contributed by atoms with Crippen molar-refractivity contribution < 1.29 is 0 Å². The van der Waals surface area contributed by atoms with Gasteiger partial charge in [-0.05, 0) is 144 Å². The minimum atomic E-state index is 0.105. The van der Waals surface area contributed by atoms with E-state index in [2.05, 4.69) is 80.5 Å². The number of aryl methyl sites for hydroxylation is 3. The molecule has 0 aromatic heterocycles. The van der Waals surface area contributed by atoms with Crippen LogP contribution >= 0.6 is 0 Å². The Labute approximate surface area is 264 Å². The molecule has 0 atom stereocenters. The van der Waals surface area contributed by atoms with E-state index in [4.69, 9.17) is 17.2 Å². The molecule has 3 aromatic rings. The highest BCUT2D eigenvalue weighted by molar-refractivity contribution is 5.69. The Balaban J connectivity index is 2.69. The van der Waals surface area contributed by atoms with E-state index in [9.17, 15) is 0 Å². The van der Waals surface area contributed by atoms with Crippen molar-refractivity contribution in [2.24, 2.45) is 0 Å². The van der Waals surface area contributed by atoms with Gasteiger partial charge in [0.25, 0.3) is 0 Å². The number of anilines is 3. The van der Waals surface area contributed by atoms with Gasteiger partial charge in [0, 0.05) is 23.0 Å². The zero-order valence-electron chi connectivity index (χ0n) is 29.0. The fourth-order valence-corrected chi connectivity index (χ4v) is 7.73. The Hall–Kier alpha value is -2.94. The van der Waals surface area contributed by atoms with E-state index in [1.807, 2.05) is 0 Å². The molecule has 43 heavy (non-hydrogen) atoms. The van der Waals surface area contributed by atoms with Crippen LogP contribution in [0.4, 0.5) is 17.1 Å². The Kier molecular flexibility index (Phi) is 12.6. The second kappa shape index (κ2) is 15.7. The maximum absolute atomic E-state index is 6.83. The van der Waals surface area contributed by atoms with Crippen molar-refractivity contribution in [3.8, 4) is 0 Å². The van der Waals surface area contributed by atoms with Gasteiger partial charge >= 0.3 is 0 Å². The molecule has 3 rings (SSSR count). The third-order valence-corrected chi connectivity index (χ3v) is 9.57. The highest BCUT2D eigenvalue weighted by atomic mass is 14.6. The summed E-state index contributed by atoms with van der Waals surface area (Å²) in [4.78, 5) is 0. The van der Waals surface area contributed by atoms with Gasteiger partial charge in [0.2, 0.25) is 0 Å². The third kappa shape index (κ3) is 7.08. The summed E-state index contributed by atoms with van der Waals surface area (Å²) < 4.78 is 0. The van der Waals surface area contributed by atoms with Gasteiger partial charge in [0.15, 0.2) is 0 Å². The lowest BCUT2D eigenvalue weighted by molar-refractivity contribution is 0.796. The normalized spacial score (nSPS) is 11.6. The maximum Gasteiger partial charge on any atom is 0.0356 e. The first-order chi connectivity index (χ1) is 20.6. The number of hydrogen-bond donors (Lipinski definition) is 3. The molecule has 0 heterocycles. The monoisotopic (exact) mass is 583 g/mol. The Morgan fingerprint density at radius 3 is 0.860 bits per heavy atom. The van der Waals surface area contributed by atoms with Crippen molar-refractivity contribution in [2.45, 2.75) is 145 Å². The molecule has 3 heteroatoms. The molecule has 0 bridgehead atoms. The summed E-state index contributed by atoms with van der Waals surface area (Å²) in [5.74, 6) is 0.105. The van der Waals surface area contributed by atoms with Crippen LogP contribution in [0.1, 0.15) is 153 Å². The second-order valence-electron chi connectivity index (χ2n) is 12.9. The van der Waals surface area contributed by atoms with Crippen LogP contribution in [0.3, 0.4) is 0 Å². The van der Waals surface area contributed by atoms with E-state index in [1.165, 1.54) is 66.8 Å². The molecule has 0 fully saturated rings. The van der Waals surface area contributed by atoms with Crippen LogP contribution in [0.5, 0.6) is 0 Å². The van der Waals surface area contributed by atoms with Gasteiger partial charge in [-0.2, -0.15) is 0 Å². The molecule has 3 nitrogen and oxygen atoms in total. The SMILES string of the molecule is CCCc1cc(N)c(CCC)c(C)c1C(c1c(CCC)cc(N)c(CCC)c1C)c1c(CCC)cc(N)c(CCC)c1C. The molecule has 6 N–H and O–H groups in total. The molecule has 0 aliphatic heterocycles. The predicted octanol–water partition coefficient (Wildman–Crippen LogP) is 10.3. The van der Waals surface area contributed by atoms with Crippen molar-refractivity contribution in [1.29, 1.82) is 0 Å². The van der Waals surface area contributed by atoms with Crippen LogP contribution < -0.4 is 17.2 Å². The summed E-state index contributed by atoms with van der Waals surface area (Å²) >= 11 is 0. The van der Waals surface area contributed by atoms with Crippen LogP contribution in [-0.2, 0) is 38.5 Å².